The van der Waals surface area contributed by atoms with E-state index in [4.69, 9.17) is 10.5 Å². The van der Waals surface area contributed by atoms with E-state index >= 15 is 0 Å². The van der Waals surface area contributed by atoms with Gasteiger partial charge in [0.1, 0.15) is 12.4 Å². The molecule has 2 rings (SSSR count). The first kappa shape index (κ1) is 14.9. The van der Waals surface area contributed by atoms with Crippen LogP contribution in [0.2, 0.25) is 0 Å². The highest BCUT2D eigenvalue weighted by Crippen LogP contribution is 2.21. The van der Waals surface area contributed by atoms with E-state index in [1.807, 2.05) is 24.3 Å². The van der Waals surface area contributed by atoms with Crippen LogP contribution >= 0.6 is 15.9 Å². The van der Waals surface area contributed by atoms with Crippen LogP contribution in [0.4, 0.5) is 0 Å². The molecule has 0 saturated carbocycles. The Bertz CT molecular complexity index is 587. The van der Waals surface area contributed by atoms with Crippen molar-refractivity contribution in [3.63, 3.8) is 0 Å². The first-order chi connectivity index (χ1) is 9.61. The molecule has 0 aliphatic heterocycles. The third-order valence-corrected chi connectivity index (χ3v) is 3.67. The zero-order valence-corrected chi connectivity index (χ0v) is 13.2. The van der Waals surface area contributed by atoms with Crippen molar-refractivity contribution in [3.05, 3.63) is 52.0 Å². The third kappa shape index (κ3) is 3.55. The van der Waals surface area contributed by atoms with Gasteiger partial charge in [-0.25, -0.2) is 9.97 Å². The summed E-state index contributed by atoms with van der Waals surface area (Å²) >= 11 is 3.50. The van der Waals surface area contributed by atoms with Gasteiger partial charge in [0.15, 0.2) is 5.75 Å². The topological polar surface area (TPSA) is 61.0 Å². The van der Waals surface area contributed by atoms with Gasteiger partial charge in [-0.3, -0.25) is 0 Å². The summed E-state index contributed by atoms with van der Waals surface area (Å²) in [4.78, 5) is 8.77. The Hall–Kier alpha value is -1.46. The van der Waals surface area contributed by atoms with E-state index in [-0.39, 0.29) is 5.92 Å². The molecule has 0 fully saturated rings. The maximum Gasteiger partial charge on any atom is 0.160 e. The van der Waals surface area contributed by atoms with Crippen molar-refractivity contribution in [2.45, 2.75) is 32.9 Å². The van der Waals surface area contributed by atoms with Gasteiger partial charge < -0.3 is 10.5 Å². The van der Waals surface area contributed by atoms with Crippen LogP contribution in [0.3, 0.4) is 0 Å². The number of halogens is 1. The quantitative estimate of drug-likeness (QED) is 0.909. The number of nitrogens with two attached hydrogens (primary N) is 1. The molecule has 1 aromatic carbocycles. The molecule has 2 aromatic rings. The molecule has 0 aliphatic carbocycles. The average molecular weight is 336 g/mol. The van der Waals surface area contributed by atoms with Gasteiger partial charge in [-0.05, 0) is 6.07 Å². The summed E-state index contributed by atoms with van der Waals surface area (Å²) in [5.74, 6) is 1.71. The summed E-state index contributed by atoms with van der Waals surface area (Å²) in [5.41, 5.74) is 7.56. The van der Waals surface area contributed by atoms with Gasteiger partial charge in [-0.1, -0.05) is 48.0 Å². The van der Waals surface area contributed by atoms with Gasteiger partial charge in [0.05, 0.1) is 11.9 Å². The molecule has 0 aliphatic rings. The number of rotatable bonds is 5. The third-order valence-electron chi connectivity index (χ3n) is 2.90. The van der Waals surface area contributed by atoms with E-state index in [0.717, 1.165) is 21.6 Å². The summed E-state index contributed by atoms with van der Waals surface area (Å²) < 4.78 is 6.82. The van der Waals surface area contributed by atoms with Gasteiger partial charge >= 0.3 is 0 Å². The molecule has 20 heavy (non-hydrogen) atoms. The Morgan fingerprint density at radius 1 is 1.30 bits per heavy atom. The first-order valence-corrected chi connectivity index (χ1v) is 7.33. The Labute approximate surface area is 127 Å². The summed E-state index contributed by atoms with van der Waals surface area (Å²) in [6.45, 7) is 4.90. The Kier molecular flexibility index (Phi) is 5.09. The van der Waals surface area contributed by atoms with Crippen molar-refractivity contribution in [1.29, 1.82) is 0 Å². The monoisotopic (exact) mass is 335 g/mol. The lowest BCUT2D eigenvalue weighted by Crippen LogP contribution is -2.09. The zero-order chi connectivity index (χ0) is 14.5. The van der Waals surface area contributed by atoms with E-state index in [1.165, 1.54) is 0 Å². The van der Waals surface area contributed by atoms with Crippen LogP contribution in [0.1, 0.15) is 36.8 Å². The van der Waals surface area contributed by atoms with Crippen LogP contribution in [0.15, 0.2) is 34.9 Å². The minimum Gasteiger partial charge on any atom is -0.485 e. The molecule has 2 N–H and O–H groups in total. The fourth-order valence-electron chi connectivity index (χ4n) is 1.74. The van der Waals surface area contributed by atoms with Crippen molar-refractivity contribution >= 4 is 15.9 Å². The molecule has 0 radical (unpaired) electrons. The first-order valence-electron chi connectivity index (χ1n) is 6.54. The van der Waals surface area contributed by atoms with Gasteiger partial charge in [0.25, 0.3) is 0 Å². The maximum absolute atomic E-state index is 5.79. The zero-order valence-electron chi connectivity index (χ0n) is 11.6. The molecule has 0 amide bonds. The fourth-order valence-corrected chi connectivity index (χ4v) is 2.14. The maximum atomic E-state index is 5.79. The second-order valence-electron chi connectivity index (χ2n) is 4.78. The lowest BCUT2D eigenvalue weighted by molar-refractivity contribution is 0.298. The minimum atomic E-state index is 0.276. The SMILES string of the molecule is CC(C)c1ncc(OCc2ccccc2Br)c(CN)n1. The van der Waals surface area contributed by atoms with E-state index < -0.39 is 0 Å². The van der Waals surface area contributed by atoms with E-state index in [0.29, 0.717) is 18.9 Å². The largest absolute Gasteiger partial charge is 0.485 e. The number of ether oxygens (including phenoxy) is 1. The lowest BCUT2D eigenvalue weighted by atomic mass is 10.2. The van der Waals surface area contributed by atoms with E-state index in [2.05, 4.69) is 39.7 Å². The Morgan fingerprint density at radius 3 is 2.70 bits per heavy atom. The minimum absolute atomic E-state index is 0.276. The molecule has 1 heterocycles. The van der Waals surface area contributed by atoms with Crippen molar-refractivity contribution < 1.29 is 4.74 Å². The highest BCUT2D eigenvalue weighted by Gasteiger charge is 2.10. The van der Waals surface area contributed by atoms with E-state index in [9.17, 15) is 0 Å². The van der Waals surface area contributed by atoms with Crippen molar-refractivity contribution in [2.75, 3.05) is 0 Å². The van der Waals surface area contributed by atoms with Crippen molar-refractivity contribution in [3.8, 4) is 5.75 Å². The Morgan fingerprint density at radius 2 is 2.05 bits per heavy atom. The second-order valence-corrected chi connectivity index (χ2v) is 5.63. The number of hydrogen-bond donors (Lipinski definition) is 1. The fraction of sp³-hybridized carbons (Fsp3) is 0.333. The molecule has 0 bridgehead atoms. The number of benzene rings is 1. The molecule has 106 valence electrons. The number of nitrogens with zero attached hydrogens (tertiary/aromatic N) is 2. The van der Waals surface area contributed by atoms with Gasteiger partial charge in [-0.15, -0.1) is 0 Å². The van der Waals surface area contributed by atoms with Crippen LogP contribution in [0.25, 0.3) is 0 Å². The van der Waals surface area contributed by atoms with Crippen LogP contribution in [-0.4, -0.2) is 9.97 Å². The van der Waals surface area contributed by atoms with Crippen LogP contribution < -0.4 is 10.5 Å². The predicted octanol–water partition coefficient (Wildman–Crippen LogP) is 3.40. The van der Waals surface area contributed by atoms with Gasteiger partial charge in [0, 0.05) is 22.5 Å². The molecule has 0 unspecified atom stereocenters. The average Bonchev–Trinajstić information content (AvgIpc) is 2.46. The summed E-state index contributed by atoms with van der Waals surface area (Å²) in [5, 5.41) is 0. The normalized spacial score (nSPS) is 10.8. The summed E-state index contributed by atoms with van der Waals surface area (Å²) in [6, 6.07) is 7.95. The molecular weight excluding hydrogens is 318 g/mol. The summed E-state index contributed by atoms with van der Waals surface area (Å²) in [7, 11) is 0. The number of aromatic nitrogens is 2. The summed E-state index contributed by atoms with van der Waals surface area (Å²) in [6.07, 6.45) is 1.71. The van der Waals surface area contributed by atoms with Crippen molar-refractivity contribution in [1.82, 2.24) is 9.97 Å². The van der Waals surface area contributed by atoms with E-state index in [1.54, 1.807) is 6.20 Å². The van der Waals surface area contributed by atoms with Crippen LogP contribution in [-0.2, 0) is 13.2 Å². The van der Waals surface area contributed by atoms with Gasteiger partial charge in [-0.2, -0.15) is 0 Å². The molecule has 1 aromatic heterocycles. The molecule has 0 saturated heterocycles. The lowest BCUT2D eigenvalue weighted by Gasteiger charge is -2.12. The predicted molar refractivity (Wildman–Crippen MR) is 82.5 cm³/mol. The van der Waals surface area contributed by atoms with Crippen LogP contribution in [0, 0.1) is 0 Å². The highest BCUT2D eigenvalue weighted by molar-refractivity contribution is 9.10. The molecule has 0 spiro atoms. The van der Waals surface area contributed by atoms with Crippen LogP contribution in [0.5, 0.6) is 5.75 Å². The molecule has 5 heteroatoms. The Balaban J connectivity index is 2.15. The number of hydrogen-bond acceptors (Lipinski definition) is 4. The molecule has 0 atom stereocenters. The standard InChI is InChI=1S/C15H18BrN3O/c1-10(2)15-18-8-14(13(7-17)19-15)20-9-11-5-3-4-6-12(11)16/h3-6,8,10H,7,9,17H2,1-2H3. The second kappa shape index (κ2) is 6.81. The molecule has 4 nitrogen and oxygen atoms in total. The molecular formula is C15H18BrN3O. The van der Waals surface area contributed by atoms with Gasteiger partial charge in [0.2, 0.25) is 0 Å². The smallest absolute Gasteiger partial charge is 0.160 e. The van der Waals surface area contributed by atoms with Crippen molar-refractivity contribution in [2.24, 2.45) is 5.73 Å². The highest BCUT2D eigenvalue weighted by atomic mass is 79.9.